The average molecular weight is 534 g/mol. The SMILES string of the molecule is CCCCC(CC)CN1C(=O)/C(=C/c2cn(-c3ccccc3)nc2-c2ccc(OCC)c(C)c2)SC1=S. The van der Waals surface area contributed by atoms with Crippen LogP contribution in [0.3, 0.4) is 0 Å². The van der Waals surface area contributed by atoms with Crippen LogP contribution in [0.25, 0.3) is 23.0 Å². The Labute approximate surface area is 229 Å². The molecule has 1 amide bonds. The molecule has 4 rings (SSSR count). The van der Waals surface area contributed by atoms with E-state index in [1.54, 1.807) is 4.90 Å². The van der Waals surface area contributed by atoms with Crippen LogP contribution in [0.1, 0.15) is 57.6 Å². The molecule has 0 saturated carbocycles. The van der Waals surface area contributed by atoms with Crippen molar-refractivity contribution in [3.8, 4) is 22.7 Å². The summed E-state index contributed by atoms with van der Waals surface area (Å²) in [7, 11) is 0. The third-order valence-corrected chi connectivity index (χ3v) is 8.03. The number of carbonyl (C=O) groups is 1. The van der Waals surface area contributed by atoms with Crippen LogP contribution in [0.2, 0.25) is 0 Å². The minimum absolute atomic E-state index is 0.00812. The van der Waals surface area contributed by atoms with E-state index in [0.29, 0.717) is 28.3 Å². The second-order valence-electron chi connectivity index (χ2n) is 9.34. The molecule has 1 atom stereocenters. The van der Waals surface area contributed by atoms with Crippen LogP contribution in [0.15, 0.2) is 59.6 Å². The van der Waals surface area contributed by atoms with Crippen LogP contribution < -0.4 is 4.74 Å². The van der Waals surface area contributed by atoms with Crippen LogP contribution in [0, 0.1) is 12.8 Å². The largest absolute Gasteiger partial charge is 0.494 e. The summed E-state index contributed by atoms with van der Waals surface area (Å²) in [6.45, 7) is 9.72. The Morgan fingerprint density at radius 3 is 2.59 bits per heavy atom. The molecule has 1 saturated heterocycles. The van der Waals surface area contributed by atoms with Crippen LogP contribution in [-0.4, -0.2) is 38.1 Å². The summed E-state index contributed by atoms with van der Waals surface area (Å²) in [6.07, 6.45) is 8.43. The van der Waals surface area contributed by atoms with E-state index < -0.39 is 0 Å². The summed E-state index contributed by atoms with van der Waals surface area (Å²) in [5.41, 5.74) is 4.67. The quantitative estimate of drug-likeness (QED) is 0.187. The van der Waals surface area contributed by atoms with Gasteiger partial charge in [-0.2, -0.15) is 5.10 Å². The molecule has 37 heavy (non-hydrogen) atoms. The van der Waals surface area contributed by atoms with Crippen molar-refractivity contribution in [3.05, 3.63) is 70.8 Å². The first-order valence-corrected chi connectivity index (χ1v) is 14.3. The molecular formula is C30H35N3O2S2. The van der Waals surface area contributed by atoms with Gasteiger partial charge in [-0.25, -0.2) is 4.68 Å². The first kappa shape index (κ1) is 27.1. The molecule has 194 valence electrons. The molecular weight excluding hydrogens is 498 g/mol. The third-order valence-electron chi connectivity index (χ3n) is 6.66. The maximum Gasteiger partial charge on any atom is 0.266 e. The van der Waals surface area contributed by atoms with Crippen LogP contribution in [0.5, 0.6) is 5.75 Å². The minimum Gasteiger partial charge on any atom is -0.494 e. The molecule has 0 radical (unpaired) electrons. The fourth-order valence-corrected chi connectivity index (χ4v) is 5.78. The number of unbranched alkanes of at least 4 members (excludes halogenated alkanes) is 1. The van der Waals surface area contributed by atoms with Gasteiger partial charge < -0.3 is 4.74 Å². The van der Waals surface area contributed by atoms with Gasteiger partial charge in [-0.3, -0.25) is 9.69 Å². The van der Waals surface area contributed by atoms with Crippen LogP contribution >= 0.6 is 24.0 Å². The predicted octanol–water partition coefficient (Wildman–Crippen LogP) is 7.66. The van der Waals surface area contributed by atoms with Gasteiger partial charge in [-0.15, -0.1) is 0 Å². The fraction of sp³-hybridized carbons (Fsp3) is 0.367. The summed E-state index contributed by atoms with van der Waals surface area (Å²) in [5.74, 6) is 1.32. The number of carbonyl (C=O) groups excluding carboxylic acids is 1. The number of rotatable bonds is 11. The molecule has 1 aromatic heterocycles. The molecule has 1 aliphatic heterocycles. The van der Waals surface area contributed by atoms with Crippen molar-refractivity contribution in [1.82, 2.24) is 14.7 Å². The lowest BCUT2D eigenvalue weighted by atomic mass is 9.99. The van der Waals surface area contributed by atoms with E-state index in [2.05, 4.69) is 19.9 Å². The number of aryl methyl sites for hydroxylation is 1. The van der Waals surface area contributed by atoms with Gasteiger partial charge in [-0.05, 0) is 68.2 Å². The number of aromatic nitrogens is 2. The summed E-state index contributed by atoms with van der Waals surface area (Å²) in [6, 6.07) is 16.1. The number of para-hydroxylation sites is 1. The maximum atomic E-state index is 13.4. The monoisotopic (exact) mass is 533 g/mol. The molecule has 2 heterocycles. The lowest BCUT2D eigenvalue weighted by molar-refractivity contribution is -0.122. The van der Waals surface area contributed by atoms with Crippen molar-refractivity contribution in [2.24, 2.45) is 5.92 Å². The predicted molar refractivity (Wildman–Crippen MR) is 158 cm³/mol. The Morgan fingerprint density at radius 1 is 1.14 bits per heavy atom. The number of nitrogens with zero attached hydrogens (tertiary/aromatic N) is 3. The first-order chi connectivity index (χ1) is 17.9. The van der Waals surface area contributed by atoms with Gasteiger partial charge in [0.2, 0.25) is 0 Å². The fourth-order valence-electron chi connectivity index (χ4n) is 4.52. The zero-order valence-corrected chi connectivity index (χ0v) is 23.7. The highest BCUT2D eigenvalue weighted by Gasteiger charge is 2.33. The molecule has 0 aliphatic carbocycles. The number of hydrogen-bond acceptors (Lipinski definition) is 5. The number of thiocarbonyl (C=S) groups is 1. The Balaban J connectivity index is 1.70. The maximum absolute atomic E-state index is 13.4. The van der Waals surface area contributed by atoms with E-state index >= 15 is 0 Å². The van der Waals surface area contributed by atoms with Crippen molar-refractivity contribution in [1.29, 1.82) is 0 Å². The Hall–Kier alpha value is -2.90. The molecule has 2 aromatic carbocycles. The number of benzene rings is 2. The van der Waals surface area contributed by atoms with E-state index in [0.717, 1.165) is 53.1 Å². The molecule has 5 nitrogen and oxygen atoms in total. The van der Waals surface area contributed by atoms with Crippen molar-refractivity contribution in [2.75, 3.05) is 13.2 Å². The highest BCUT2D eigenvalue weighted by Crippen LogP contribution is 2.36. The summed E-state index contributed by atoms with van der Waals surface area (Å²) in [4.78, 5) is 15.9. The van der Waals surface area contributed by atoms with Gasteiger partial charge in [-0.1, -0.05) is 75.3 Å². The second kappa shape index (κ2) is 12.6. The number of thioether (sulfide) groups is 1. The molecule has 0 spiro atoms. The highest BCUT2D eigenvalue weighted by molar-refractivity contribution is 8.26. The van der Waals surface area contributed by atoms with E-state index in [4.69, 9.17) is 22.1 Å². The van der Waals surface area contributed by atoms with Crippen LogP contribution in [0.4, 0.5) is 0 Å². The van der Waals surface area contributed by atoms with Crippen molar-refractivity contribution < 1.29 is 9.53 Å². The van der Waals surface area contributed by atoms with Crippen LogP contribution in [-0.2, 0) is 4.79 Å². The second-order valence-corrected chi connectivity index (χ2v) is 11.0. The van der Waals surface area contributed by atoms with E-state index in [9.17, 15) is 4.79 Å². The Morgan fingerprint density at radius 2 is 1.92 bits per heavy atom. The average Bonchev–Trinajstić information content (AvgIpc) is 3.44. The van der Waals surface area contributed by atoms with E-state index in [-0.39, 0.29) is 5.91 Å². The third kappa shape index (κ3) is 6.33. The topological polar surface area (TPSA) is 47.4 Å². The first-order valence-electron chi connectivity index (χ1n) is 13.1. The standard InChI is InChI=1S/C30H35N3O2S2/c1-5-8-12-22(6-2)19-32-29(34)27(37-30(32)36)18-24-20-33(25-13-10-9-11-14-25)31-28(24)23-15-16-26(35-7-3)21(4)17-23/h9-11,13-18,20,22H,5-8,12,19H2,1-4H3/b27-18-. The molecule has 0 N–H and O–H groups in total. The molecule has 0 bridgehead atoms. The van der Waals surface area contributed by atoms with Gasteiger partial charge in [0.05, 0.1) is 17.2 Å². The van der Waals surface area contributed by atoms with Gasteiger partial charge in [0.25, 0.3) is 5.91 Å². The van der Waals surface area contributed by atoms with Gasteiger partial charge in [0.15, 0.2) is 0 Å². The number of amides is 1. The van der Waals surface area contributed by atoms with Crippen molar-refractivity contribution in [2.45, 2.75) is 53.4 Å². The smallest absolute Gasteiger partial charge is 0.266 e. The number of ether oxygens (including phenoxy) is 1. The van der Waals surface area contributed by atoms with Crippen molar-refractivity contribution in [3.63, 3.8) is 0 Å². The Bertz CT molecular complexity index is 1280. The van der Waals surface area contributed by atoms with E-state index in [1.165, 1.54) is 18.2 Å². The summed E-state index contributed by atoms with van der Waals surface area (Å²) >= 11 is 7.03. The number of hydrogen-bond donors (Lipinski definition) is 0. The normalized spacial score (nSPS) is 15.6. The zero-order chi connectivity index (χ0) is 26.4. The lowest BCUT2D eigenvalue weighted by Crippen LogP contribution is -2.33. The van der Waals surface area contributed by atoms with Crippen molar-refractivity contribution >= 4 is 40.3 Å². The minimum atomic E-state index is -0.00812. The molecule has 7 heteroatoms. The molecule has 1 fully saturated rings. The van der Waals surface area contributed by atoms with Gasteiger partial charge in [0.1, 0.15) is 15.8 Å². The molecule has 1 aliphatic rings. The Kier molecular flexibility index (Phi) is 9.22. The van der Waals surface area contributed by atoms with Gasteiger partial charge in [0, 0.05) is 23.9 Å². The summed E-state index contributed by atoms with van der Waals surface area (Å²) in [5, 5.41) is 4.93. The highest BCUT2D eigenvalue weighted by atomic mass is 32.2. The van der Waals surface area contributed by atoms with E-state index in [1.807, 2.05) is 73.3 Å². The summed E-state index contributed by atoms with van der Waals surface area (Å²) < 4.78 is 8.24. The zero-order valence-electron chi connectivity index (χ0n) is 22.1. The lowest BCUT2D eigenvalue weighted by Gasteiger charge is -2.21. The molecule has 1 unspecified atom stereocenters. The molecule has 3 aromatic rings. The van der Waals surface area contributed by atoms with Gasteiger partial charge >= 0.3 is 0 Å².